The highest BCUT2D eigenvalue weighted by molar-refractivity contribution is 4.99. The van der Waals surface area contributed by atoms with Gasteiger partial charge in [-0.25, -0.2) is 0 Å². The van der Waals surface area contributed by atoms with E-state index in [4.69, 9.17) is 5.84 Å². The molecule has 1 fully saturated rings. The van der Waals surface area contributed by atoms with Gasteiger partial charge < -0.3 is 5.84 Å². The summed E-state index contributed by atoms with van der Waals surface area (Å²) in [5.74, 6) is 4.89. The Labute approximate surface area is 48.9 Å². The van der Waals surface area contributed by atoms with Crippen molar-refractivity contribution in [3.8, 4) is 0 Å². The lowest BCUT2D eigenvalue weighted by Crippen LogP contribution is -2.00. The largest absolute Gasteiger partial charge is 0.305 e. The quantitative estimate of drug-likeness (QED) is 0.327. The molecule has 2 N–H and O–H groups in total. The second-order valence-corrected chi connectivity index (χ2v) is 2.29. The molecule has 0 bridgehead atoms. The summed E-state index contributed by atoms with van der Waals surface area (Å²) in [5.41, 5.74) is 0.175. The van der Waals surface area contributed by atoms with Crippen LogP contribution in [0.2, 0.25) is 0 Å². The van der Waals surface area contributed by atoms with Crippen molar-refractivity contribution < 1.29 is 0 Å². The van der Waals surface area contributed by atoms with Crippen LogP contribution >= 0.6 is 0 Å². The van der Waals surface area contributed by atoms with Crippen LogP contribution in [0.3, 0.4) is 0 Å². The maximum absolute atomic E-state index is 4.89. The first kappa shape index (κ1) is 5.54. The highest BCUT2D eigenvalue weighted by atomic mass is 15.3. The van der Waals surface area contributed by atoms with Gasteiger partial charge in [-0.2, -0.15) is 5.11 Å². The minimum Gasteiger partial charge on any atom is -0.305 e. The first-order chi connectivity index (χ1) is 3.83. The molecule has 0 aromatic heterocycles. The summed E-state index contributed by atoms with van der Waals surface area (Å²) in [6.45, 7) is 2.11. The number of rotatable bonds is 2. The summed E-state index contributed by atoms with van der Waals surface area (Å²) in [6.07, 6.45) is 3.42. The van der Waals surface area contributed by atoms with Crippen LogP contribution in [0, 0.1) is 0 Å². The Kier molecular flexibility index (Phi) is 1.19. The number of hydrogen-bond donors (Lipinski definition) is 1. The van der Waals surface area contributed by atoms with Crippen LogP contribution in [0.25, 0.3) is 0 Å². The van der Waals surface area contributed by atoms with Gasteiger partial charge in [-0.05, 0) is 19.3 Å². The van der Waals surface area contributed by atoms with Crippen molar-refractivity contribution in [2.75, 3.05) is 0 Å². The summed E-state index contributed by atoms with van der Waals surface area (Å²) < 4.78 is 0. The molecule has 0 spiro atoms. The third kappa shape index (κ3) is 0.804. The Hall–Kier alpha value is -0.600. The van der Waals surface area contributed by atoms with E-state index in [9.17, 15) is 0 Å². The second kappa shape index (κ2) is 1.73. The Morgan fingerprint density at radius 1 is 1.62 bits per heavy atom. The fraction of sp³-hybridized carbons (Fsp3) is 1.00. The Morgan fingerprint density at radius 2 is 2.25 bits per heavy atom. The van der Waals surface area contributed by atoms with E-state index >= 15 is 0 Å². The predicted octanol–water partition coefficient (Wildman–Crippen LogP) is 1.25. The van der Waals surface area contributed by atoms with E-state index in [0.29, 0.717) is 0 Å². The molecule has 0 aliphatic heterocycles. The van der Waals surface area contributed by atoms with E-state index < -0.39 is 0 Å². The third-order valence-electron chi connectivity index (χ3n) is 1.76. The molecule has 46 valence electrons. The zero-order chi connectivity index (χ0) is 6.04. The van der Waals surface area contributed by atoms with E-state index in [1.807, 2.05) is 0 Å². The molecule has 8 heavy (non-hydrogen) atoms. The van der Waals surface area contributed by atoms with Gasteiger partial charge in [-0.1, -0.05) is 12.1 Å². The van der Waals surface area contributed by atoms with Gasteiger partial charge in [0.05, 0.1) is 5.54 Å². The van der Waals surface area contributed by atoms with Crippen molar-refractivity contribution in [1.29, 1.82) is 0 Å². The predicted molar refractivity (Wildman–Crippen MR) is 31.3 cm³/mol. The van der Waals surface area contributed by atoms with Crippen molar-refractivity contribution in [3.05, 3.63) is 0 Å². The van der Waals surface area contributed by atoms with Crippen LogP contribution in [-0.4, -0.2) is 5.54 Å². The fourth-order valence-electron chi connectivity index (χ4n) is 0.791. The first-order valence-electron chi connectivity index (χ1n) is 2.95. The molecule has 0 unspecified atom stereocenters. The highest BCUT2D eigenvalue weighted by Gasteiger charge is 2.41. The molecule has 1 saturated carbocycles. The molecule has 0 heterocycles. The second-order valence-electron chi connectivity index (χ2n) is 2.29. The Bertz CT molecular complexity index is 104. The van der Waals surface area contributed by atoms with Gasteiger partial charge in [0, 0.05) is 0 Å². The monoisotopic (exact) mass is 113 g/mol. The average Bonchev–Trinajstić information content (AvgIpc) is 2.50. The summed E-state index contributed by atoms with van der Waals surface area (Å²) in [5, 5.41) is 7.15. The number of hydrogen-bond acceptors (Lipinski definition) is 2. The molecule has 3 heteroatoms. The zero-order valence-corrected chi connectivity index (χ0v) is 5.09. The molecular weight excluding hydrogens is 102 g/mol. The lowest BCUT2D eigenvalue weighted by Gasteiger charge is -1.98. The average molecular weight is 113 g/mol. The van der Waals surface area contributed by atoms with Crippen LogP contribution in [0.15, 0.2) is 10.3 Å². The summed E-state index contributed by atoms with van der Waals surface area (Å²) >= 11 is 0. The molecule has 0 aromatic rings. The maximum Gasteiger partial charge on any atom is 0.0836 e. The molecule has 0 atom stereocenters. The molecule has 0 amide bonds. The van der Waals surface area contributed by atoms with Crippen LogP contribution in [0.1, 0.15) is 26.2 Å². The van der Waals surface area contributed by atoms with Crippen molar-refractivity contribution in [2.24, 2.45) is 16.2 Å². The summed E-state index contributed by atoms with van der Waals surface area (Å²) in [4.78, 5) is 0. The first-order valence-corrected chi connectivity index (χ1v) is 2.95. The van der Waals surface area contributed by atoms with Gasteiger partial charge in [0.15, 0.2) is 0 Å². The maximum atomic E-state index is 4.89. The standard InChI is InChI=1S/C5H11N3/c1-2-5(3-4-5)7-8-6/h2-4H2,1H3,(H2,6,7). The summed E-state index contributed by atoms with van der Waals surface area (Å²) in [7, 11) is 0. The van der Waals surface area contributed by atoms with Gasteiger partial charge in [0.2, 0.25) is 0 Å². The topological polar surface area (TPSA) is 50.7 Å². The molecule has 1 aliphatic carbocycles. The van der Waals surface area contributed by atoms with Gasteiger partial charge in [-0.15, -0.1) is 0 Å². The molecule has 1 aliphatic rings. The van der Waals surface area contributed by atoms with Gasteiger partial charge in [-0.3, -0.25) is 0 Å². The van der Waals surface area contributed by atoms with E-state index in [-0.39, 0.29) is 5.54 Å². The highest BCUT2D eigenvalue weighted by Crippen LogP contribution is 2.42. The van der Waals surface area contributed by atoms with E-state index in [2.05, 4.69) is 17.3 Å². The number of nitrogens with zero attached hydrogens (tertiary/aromatic N) is 2. The molecule has 3 nitrogen and oxygen atoms in total. The fourth-order valence-corrected chi connectivity index (χ4v) is 0.791. The normalized spacial score (nSPS) is 24.1. The van der Waals surface area contributed by atoms with Gasteiger partial charge in [0.1, 0.15) is 0 Å². The molecule has 0 radical (unpaired) electrons. The van der Waals surface area contributed by atoms with Crippen molar-refractivity contribution in [2.45, 2.75) is 31.7 Å². The lowest BCUT2D eigenvalue weighted by atomic mass is 10.2. The molecular formula is C5H11N3. The van der Waals surface area contributed by atoms with Crippen LogP contribution in [0.4, 0.5) is 0 Å². The van der Waals surface area contributed by atoms with E-state index in [0.717, 1.165) is 6.42 Å². The molecule has 0 aromatic carbocycles. The number of nitrogens with two attached hydrogens (primary N) is 1. The van der Waals surface area contributed by atoms with Gasteiger partial charge in [0.25, 0.3) is 0 Å². The minimum atomic E-state index is 0.175. The van der Waals surface area contributed by atoms with Crippen LogP contribution in [-0.2, 0) is 0 Å². The third-order valence-corrected chi connectivity index (χ3v) is 1.76. The van der Waals surface area contributed by atoms with Crippen molar-refractivity contribution in [3.63, 3.8) is 0 Å². The summed E-state index contributed by atoms with van der Waals surface area (Å²) in [6, 6.07) is 0. The molecule has 0 saturated heterocycles. The minimum absolute atomic E-state index is 0.175. The Balaban J connectivity index is 2.41. The van der Waals surface area contributed by atoms with Crippen molar-refractivity contribution in [1.82, 2.24) is 0 Å². The SMILES string of the molecule is CCC1(N=NN)CC1. The Morgan fingerprint density at radius 3 is 2.38 bits per heavy atom. The zero-order valence-electron chi connectivity index (χ0n) is 5.09. The van der Waals surface area contributed by atoms with E-state index in [1.54, 1.807) is 0 Å². The van der Waals surface area contributed by atoms with Gasteiger partial charge >= 0.3 is 0 Å². The van der Waals surface area contributed by atoms with Crippen LogP contribution in [0.5, 0.6) is 0 Å². The molecule has 1 rings (SSSR count). The van der Waals surface area contributed by atoms with Crippen molar-refractivity contribution >= 4 is 0 Å². The van der Waals surface area contributed by atoms with E-state index in [1.165, 1.54) is 12.8 Å². The smallest absolute Gasteiger partial charge is 0.0836 e. The van der Waals surface area contributed by atoms with Crippen LogP contribution < -0.4 is 5.84 Å². The lowest BCUT2D eigenvalue weighted by molar-refractivity contribution is 0.606.